The van der Waals surface area contributed by atoms with Crippen LogP contribution in [0.4, 0.5) is 0 Å². The lowest BCUT2D eigenvalue weighted by molar-refractivity contribution is -0.128. The molecule has 2 nitrogen and oxygen atoms in total. The maximum Gasteiger partial charge on any atom is 0.232 e. The Labute approximate surface area is 126 Å². The fourth-order valence-electron chi connectivity index (χ4n) is 2.62. The van der Waals surface area contributed by atoms with E-state index in [1.165, 1.54) is 42.4 Å². The largest absolute Gasteiger partial charge is 0.342 e. The minimum Gasteiger partial charge on any atom is -0.342 e. The first-order valence-corrected chi connectivity index (χ1v) is 8.74. The van der Waals surface area contributed by atoms with Gasteiger partial charge in [-0.2, -0.15) is 0 Å². The molecule has 1 aliphatic heterocycles. The Morgan fingerprint density at radius 1 is 1.15 bits per heavy atom. The molecule has 2 rings (SSSR count). The van der Waals surface area contributed by atoms with Crippen LogP contribution in [0.2, 0.25) is 0 Å². The van der Waals surface area contributed by atoms with Gasteiger partial charge in [-0.05, 0) is 37.8 Å². The van der Waals surface area contributed by atoms with E-state index in [1.54, 1.807) is 11.8 Å². The fraction of sp³-hybridized carbons (Fsp3) is 0.588. The SMILES string of the molecule is Cc1ccc(C)c(CSCC(=O)N2CCCCCC2)c1. The fourth-order valence-corrected chi connectivity index (χ4v) is 3.61. The third-order valence-corrected chi connectivity index (χ3v) is 4.91. The van der Waals surface area contributed by atoms with Crippen molar-refractivity contribution in [2.75, 3.05) is 18.8 Å². The summed E-state index contributed by atoms with van der Waals surface area (Å²) in [6.45, 7) is 6.19. The van der Waals surface area contributed by atoms with Crippen molar-refractivity contribution in [3.05, 3.63) is 34.9 Å². The van der Waals surface area contributed by atoms with Gasteiger partial charge in [-0.3, -0.25) is 4.79 Å². The number of hydrogen-bond acceptors (Lipinski definition) is 2. The molecule has 0 N–H and O–H groups in total. The van der Waals surface area contributed by atoms with Gasteiger partial charge in [0.2, 0.25) is 5.91 Å². The molecule has 1 saturated heterocycles. The smallest absolute Gasteiger partial charge is 0.232 e. The molecule has 0 spiro atoms. The molecule has 1 heterocycles. The Bertz CT molecular complexity index is 450. The van der Waals surface area contributed by atoms with Gasteiger partial charge in [0.1, 0.15) is 0 Å². The monoisotopic (exact) mass is 291 g/mol. The molecule has 0 radical (unpaired) electrons. The lowest BCUT2D eigenvalue weighted by atomic mass is 10.1. The summed E-state index contributed by atoms with van der Waals surface area (Å²) in [6.07, 6.45) is 4.90. The Balaban J connectivity index is 1.80. The van der Waals surface area contributed by atoms with Crippen molar-refractivity contribution < 1.29 is 4.79 Å². The zero-order valence-corrected chi connectivity index (χ0v) is 13.5. The second-order valence-corrected chi connectivity index (χ2v) is 6.70. The zero-order chi connectivity index (χ0) is 14.4. The summed E-state index contributed by atoms with van der Waals surface area (Å²) in [7, 11) is 0. The number of thioether (sulfide) groups is 1. The summed E-state index contributed by atoms with van der Waals surface area (Å²) < 4.78 is 0. The Hall–Kier alpha value is -0.960. The van der Waals surface area contributed by atoms with Crippen molar-refractivity contribution in [1.82, 2.24) is 4.90 Å². The van der Waals surface area contributed by atoms with E-state index in [9.17, 15) is 4.79 Å². The quantitative estimate of drug-likeness (QED) is 0.837. The number of rotatable bonds is 4. The zero-order valence-electron chi connectivity index (χ0n) is 12.7. The molecule has 0 bridgehead atoms. The number of likely N-dealkylation sites (tertiary alicyclic amines) is 1. The molecule has 1 aromatic rings. The van der Waals surface area contributed by atoms with E-state index in [0.29, 0.717) is 11.7 Å². The predicted octanol–water partition coefficient (Wildman–Crippen LogP) is 3.94. The number of carbonyl (C=O) groups excluding carboxylic acids is 1. The highest BCUT2D eigenvalue weighted by Crippen LogP contribution is 2.19. The summed E-state index contributed by atoms with van der Waals surface area (Å²) in [4.78, 5) is 14.3. The molecule has 1 amide bonds. The topological polar surface area (TPSA) is 20.3 Å². The van der Waals surface area contributed by atoms with Gasteiger partial charge in [0.05, 0.1) is 5.75 Å². The first kappa shape index (κ1) is 15.4. The molecule has 1 fully saturated rings. The van der Waals surface area contributed by atoms with Crippen LogP contribution in [-0.4, -0.2) is 29.6 Å². The number of carbonyl (C=O) groups is 1. The van der Waals surface area contributed by atoms with Crippen LogP contribution >= 0.6 is 11.8 Å². The van der Waals surface area contributed by atoms with Crippen molar-refractivity contribution in [1.29, 1.82) is 0 Å². The van der Waals surface area contributed by atoms with E-state index in [-0.39, 0.29) is 0 Å². The molecular weight excluding hydrogens is 266 g/mol. The van der Waals surface area contributed by atoms with E-state index in [2.05, 4.69) is 36.9 Å². The molecule has 0 unspecified atom stereocenters. The highest BCUT2D eigenvalue weighted by molar-refractivity contribution is 7.99. The highest BCUT2D eigenvalue weighted by Gasteiger charge is 2.15. The Morgan fingerprint density at radius 2 is 1.85 bits per heavy atom. The van der Waals surface area contributed by atoms with Crippen molar-refractivity contribution in [3.63, 3.8) is 0 Å². The summed E-state index contributed by atoms with van der Waals surface area (Å²) in [5.41, 5.74) is 3.98. The van der Waals surface area contributed by atoms with Crippen LogP contribution in [0.15, 0.2) is 18.2 Å². The van der Waals surface area contributed by atoms with Gasteiger partial charge < -0.3 is 4.90 Å². The molecule has 1 aliphatic rings. The third kappa shape index (κ3) is 4.55. The molecular formula is C17H25NOS. The summed E-state index contributed by atoms with van der Waals surface area (Å²) in [5.74, 6) is 1.88. The van der Waals surface area contributed by atoms with Crippen molar-refractivity contribution >= 4 is 17.7 Å². The number of amides is 1. The standard InChI is InChI=1S/C17H25NOS/c1-14-7-8-15(2)16(11-14)12-20-13-17(19)18-9-5-3-4-6-10-18/h7-8,11H,3-6,9-10,12-13H2,1-2H3. The average Bonchev–Trinajstić information content (AvgIpc) is 2.71. The van der Waals surface area contributed by atoms with Crippen molar-refractivity contribution in [3.8, 4) is 0 Å². The minimum absolute atomic E-state index is 0.321. The van der Waals surface area contributed by atoms with Crippen LogP contribution in [0.1, 0.15) is 42.4 Å². The van der Waals surface area contributed by atoms with E-state index in [1.807, 2.05) is 0 Å². The molecule has 0 aromatic heterocycles. The van der Waals surface area contributed by atoms with Crippen molar-refractivity contribution in [2.24, 2.45) is 0 Å². The van der Waals surface area contributed by atoms with Crippen LogP contribution in [0.3, 0.4) is 0 Å². The number of hydrogen-bond donors (Lipinski definition) is 0. The first-order valence-electron chi connectivity index (χ1n) is 7.58. The Morgan fingerprint density at radius 3 is 2.55 bits per heavy atom. The van der Waals surface area contributed by atoms with Gasteiger partial charge in [-0.1, -0.05) is 36.6 Å². The third-order valence-electron chi connectivity index (χ3n) is 3.95. The molecule has 3 heteroatoms. The average molecular weight is 291 g/mol. The van der Waals surface area contributed by atoms with Gasteiger partial charge in [-0.25, -0.2) is 0 Å². The van der Waals surface area contributed by atoms with E-state index < -0.39 is 0 Å². The van der Waals surface area contributed by atoms with Crippen LogP contribution in [0, 0.1) is 13.8 Å². The van der Waals surface area contributed by atoms with Crippen molar-refractivity contribution in [2.45, 2.75) is 45.3 Å². The van der Waals surface area contributed by atoms with Crippen LogP contribution in [0.25, 0.3) is 0 Å². The van der Waals surface area contributed by atoms with E-state index in [0.717, 1.165) is 18.8 Å². The van der Waals surface area contributed by atoms with Gasteiger partial charge in [-0.15, -0.1) is 11.8 Å². The first-order chi connectivity index (χ1) is 9.66. The second-order valence-electron chi connectivity index (χ2n) is 5.72. The maximum absolute atomic E-state index is 12.2. The molecule has 0 atom stereocenters. The normalized spacial score (nSPS) is 16.0. The van der Waals surface area contributed by atoms with Gasteiger partial charge in [0.25, 0.3) is 0 Å². The Kier molecular flexibility index (Phi) is 5.96. The molecule has 0 saturated carbocycles. The number of benzene rings is 1. The van der Waals surface area contributed by atoms with E-state index >= 15 is 0 Å². The van der Waals surface area contributed by atoms with Crippen LogP contribution < -0.4 is 0 Å². The van der Waals surface area contributed by atoms with Gasteiger partial charge in [0.15, 0.2) is 0 Å². The second kappa shape index (κ2) is 7.72. The summed E-state index contributed by atoms with van der Waals surface area (Å²) in [5, 5.41) is 0. The van der Waals surface area contributed by atoms with Gasteiger partial charge in [0, 0.05) is 18.8 Å². The van der Waals surface area contributed by atoms with E-state index in [4.69, 9.17) is 0 Å². The number of aryl methyl sites for hydroxylation is 2. The minimum atomic E-state index is 0.321. The molecule has 1 aromatic carbocycles. The predicted molar refractivity (Wildman–Crippen MR) is 87.1 cm³/mol. The summed E-state index contributed by atoms with van der Waals surface area (Å²) >= 11 is 1.75. The lowest BCUT2D eigenvalue weighted by Gasteiger charge is -2.20. The number of nitrogens with zero attached hydrogens (tertiary/aromatic N) is 1. The van der Waals surface area contributed by atoms with Gasteiger partial charge >= 0.3 is 0 Å². The maximum atomic E-state index is 12.2. The van der Waals surface area contributed by atoms with Crippen LogP contribution in [-0.2, 0) is 10.5 Å². The lowest BCUT2D eigenvalue weighted by Crippen LogP contribution is -2.33. The van der Waals surface area contributed by atoms with Crippen LogP contribution in [0.5, 0.6) is 0 Å². The summed E-state index contributed by atoms with van der Waals surface area (Å²) in [6, 6.07) is 6.55. The molecule has 110 valence electrons. The highest BCUT2D eigenvalue weighted by atomic mass is 32.2. The molecule has 0 aliphatic carbocycles. The molecule has 20 heavy (non-hydrogen) atoms.